The summed E-state index contributed by atoms with van der Waals surface area (Å²) in [5.74, 6) is 0.565. The van der Waals surface area contributed by atoms with Gasteiger partial charge in [0.25, 0.3) is 5.91 Å². The zero-order valence-electron chi connectivity index (χ0n) is 12.4. The van der Waals surface area contributed by atoms with Crippen molar-refractivity contribution >= 4 is 17.3 Å². The number of nitrogens with two attached hydrogens (primary N) is 1. The smallest absolute Gasteiger partial charge is 0.255 e. The quantitative estimate of drug-likeness (QED) is 0.842. The Kier molecular flexibility index (Phi) is 4.28. The molecule has 4 nitrogen and oxygen atoms in total. The molecule has 1 aliphatic carbocycles. The Morgan fingerprint density at radius 3 is 2.64 bits per heavy atom. The van der Waals surface area contributed by atoms with Gasteiger partial charge in [-0.3, -0.25) is 4.79 Å². The van der Waals surface area contributed by atoms with Crippen LogP contribution in [0.4, 0.5) is 11.4 Å². The SMILES string of the molecule is Nc1ccccc1NC(=O)c1cccc(OC2CCCC2)c1. The summed E-state index contributed by atoms with van der Waals surface area (Å²) in [5.41, 5.74) is 7.58. The van der Waals surface area contributed by atoms with Gasteiger partial charge in [0, 0.05) is 5.56 Å². The first-order valence-corrected chi connectivity index (χ1v) is 7.65. The van der Waals surface area contributed by atoms with Crippen LogP contribution in [0.25, 0.3) is 0 Å². The molecular weight excluding hydrogens is 276 g/mol. The molecule has 0 aromatic heterocycles. The van der Waals surface area contributed by atoms with E-state index in [0.717, 1.165) is 18.6 Å². The zero-order chi connectivity index (χ0) is 15.4. The molecule has 1 saturated carbocycles. The van der Waals surface area contributed by atoms with E-state index in [-0.39, 0.29) is 12.0 Å². The van der Waals surface area contributed by atoms with Crippen molar-refractivity contribution in [3.63, 3.8) is 0 Å². The molecule has 4 heteroatoms. The van der Waals surface area contributed by atoms with Gasteiger partial charge in [-0.05, 0) is 56.0 Å². The van der Waals surface area contributed by atoms with Crippen molar-refractivity contribution in [3.8, 4) is 5.75 Å². The summed E-state index contributed by atoms with van der Waals surface area (Å²) in [5, 5.41) is 2.83. The van der Waals surface area contributed by atoms with Crippen molar-refractivity contribution in [2.75, 3.05) is 11.1 Å². The number of amides is 1. The van der Waals surface area contributed by atoms with Gasteiger partial charge in [0.1, 0.15) is 5.75 Å². The molecule has 114 valence electrons. The van der Waals surface area contributed by atoms with Crippen LogP contribution in [0.2, 0.25) is 0 Å². The van der Waals surface area contributed by atoms with Crippen molar-refractivity contribution < 1.29 is 9.53 Å². The number of hydrogen-bond donors (Lipinski definition) is 2. The lowest BCUT2D eigenvalue weighted by atomic mass is 10.2. The fraction of sp³-hybridized carbons (Fsp3) is 0.278. The topological polar surface area (TPSA) is 64.3 Å². The van der Waals surface area contributed by atoms with Gasteiger partial charge in [-0.25, -0.2) is 0 Å². The highest BCUT2D eigenvalue weighted by atomic mass is 16.5. The Labute approximate surface area is 130 Å². The molecule has 3 rings (SSSR count). The Balaban J connectivity index is 1.71. The maximum atomic E-state index is 12.3. The minimum atomic E-state index is -0.185. The molecule has 0 aliphatic heterocycles. The minimum absolute atomic E-state index is 0.185. The highest BCUT2D eigenvalue weighted by Gasteiger charge is 2.17. The van der Waals surface area contributed by atoms with E-state index in [9.17, 15) is 4.79 Å². The van der Waals surface area contributed by atoms with Gasteiger partial charge in [-0.2, -0.15) is 0 Å². The molecule has 0 spiro atoms. The molecule has 3 N–H and O–H groups in total. The van der Waals surface area contributed by atoms with Gasteiger partial charge < -0.3 is 15.8 Å². The molecule has 0 unspecified atom stereocenters. The van der Waals surface area contributed by atoms with Crippen molar-refractivity contribution in [1.29, 1.82) is 0 Å². The average molecular weight is 296 g/mol. The summed E-state index contributed by atoms with van der Waals surface area (Å²) in [6.45, 7) is 0. The molecule has 2 aromatic rings. The fourth-order valence-corrected chi connectivity index (χ4v) is 2.71. The third-order valence-corrected chi connectivity index (χ3v) is 3.91. The van der Waals surface area contributed by atoms with Gasteiger partial charge in [0.05, 0.1) is 17.5 Å². The molecule has 0 atom stereocenters. The Morgan fingerprint density at radius 1 is 1.09 bits per heavy atom. The number of hydrogen-bond acceptors (Lipinski definition) is 3. The lowest BCUT2D eigenvalue weighted by Gasteiger charge is -2.14. The molecule has 1 fully saturated rings. The summed E-state index contributed by atoms with van der Waals surface area (Å²) in [4.78, 5) is 12.3. The Bertz CT molecular complexity index is 664. The molecule has 0 saturated heterocycles. The van der Waals surface area contributed by atoms with Crippen molar-refractivity contribution in [2.24, 2.45) is 0 Å². The third-order valence-electron chi connectivity index (χ3n) is 3.91. The van der Waals surface area contributed by atoms with Crippen LogP contribution in [-0.4, -0.2) is 12.0 Å². The van der Waals surface area contributed by atoms with Gasteiger partial charge in [-0.15, -0.1) is 0 Å². The van der Waals surface area contributed by atoms with Crippen LogP contribution >= 0.6 is 0 Å². The predicted octanol–water partition coefficient (Wildman–Crippen LogP) is 3.84. The molecule has 0 heterocycles. The molecule has 0 bridgehead atoms. The number of anilines is 2. The highest BCUT2D eigenvalue weighted by Crippen LogP contribution is 2.25. The number of benzene rings is 2. The molecular formula is C18H20N2O2. The van der Waals surface area contributed by atoms with Gasteiger partial charge in [0.2, 0.25) is 0 Å². The molecule has 1 aliphatic rings. The van der Waals surface area contributed by atoms with Crippen LogP contribution in [0.1, 0.15) is 36.0 Å². The largest absolute Gasteiger partial charge is 0.490 e. The van der Waals surface area contributed by atoms with E-state index >= 15 is 0 Å². The average Bonchev–Trinajstić information content (AvgIpc) is 3.03. The molecule has 1 amide bonds. The molecule has 0 radical (unpaired) electrons. The van der Waals surface area contributed by atoms with Crippen LogP contribution < -0.4 is 15.8 Å². The Morgan fingerprint density at radius 2 is 1.86 bits per heavy atom. The van der Waals surface area contributed by atoms with E-state index in [0.29, 0.717) is 16.9 Å². The van der Waals surface area contributed by atoms with Crippen molar-refractivity contribution in [1.82, 2.24) is 0 Å². The number of carbonyl (C=O) groups excluding carboxylic acids is 1. The zero-order valence-corrected chi connectivity index (χ0v) is 12.4. The lowest BCUT2D eigenvalue weighted by Crippen LogP contribution is -2.14. The van der Waals surface area contributed by atoms with Gasteiger partial charge in [0.15, 0.2) is 0 Å². The number of nitrogens with one attached hydrogen (secondary N) is 1. The number of para-hydroxylation sites is 2. The summed E-state index contributed by atoms with van der Waals surface area (Å²) in [7, 11) is 0. The standard InChI is InChI=1S/C18H20N2O2/c19-16-10-3-4-11-17(16)20-18(21)13-6-5-9-15(12-13)22-14-7-1-2-8-14/h3-6,9-12,14H,1-2,7-8,19H2,(H,20,21). The number of ether oxygens (including phenoxy) is 1. The maximum absolute atomic E-state index is 12.3. The second-order valence-corrected chi connectivity index (χ2v) is 5.59. The summed E-state index contributed by atoms with van der Waals surface area (Å²) in [6, 6.07) is 14.5. The fourth-order valence-electron chi connectivity index (χ4n) is 2.71. The lowest BCUT2D eigenvalue weighted by molar-refractivity contribution is 0.102. The van der Waals surface area contributed by atoms with E-state index in [4.69, 9.17) is 10.5 Å². The number of carbonyl (C=O) groups is 1. The van der Waals surface area contributed by atoms with Crippen LogP contribution in [0.5, 0.6) is 5.75 Å². The minimum Gasteiger partial charge on any atom is -0.490 e. The van der Waals surface area contributed by atoms with E-state index in [1.807, 2.05) is 24.3 Å². The summed E-state index contributed by atoms with van der Waals surface area (Å²) in [6.07, 6.45) is 4.91. The third kappa shape index (κ3) is 3.39. The van der Waals surface area contributed by atoms with E-state index in [1.165, 1.54) is 12.8 Å². The van der Waals surface area contributed by atoms with Crippen molar-refractivity contribution in [2.45, 2.75) is 31.8 Å². The maximum Gasteiger partial charge on any atom is 0.255 e. The normalized spacial score (nSPS) is 14.7. The number of nitrogen functional groups attached to an aromatic ring is 1. The first-order valence-electron chi connectivity index (χ1n) is 7.65. The van der Waals surface area contributed by atoms with E-state index < -0.39 is 0 Å². The van der Waals surface area contributed by atoms with Crippen molar-refractivity contribution in [3.05, 3.63) is 54.1 Å². The predicted molar refractivity (Wildman–Crippen MR) is 88.1 cm³/mol. The highest BCUT2D eigenvalue weighted by molar-refractivity contribution is 6.05. The van der Waals surface area contributed by atoms with E-state index in [1.54, 1.807) is 24.3 Å². The van der Waals surface area contributed by atoms with Crippen LogP contribution in [-0.2, 0) is 0 Å². The van der Waals surface area contributed by atoms with Crippen LogP contribution in [0.15, 0.2) is 48.5 Å². The van der Waals surface area contributed by atoms with Gasteiger partial charge in [-0.1, -0.05) is 18.2 Å². The molecule has 2 aromatic carbocycles. The monoisotopic (exact) mass is 296 g/mol. The second kappa shape index (κ2) is 6.52. The summed E-state index contributed by atoms with van der Waals surface area (Å²) >= 11 is 0. The molecule has 22 heavy (non-hydrogen) atoms. The first-order chi connectivity index (χ1) is 10.7. The number of rotatable bonds is 4. The van der Waals surface area contributed by atoms with Crippen LogP contribution in [0.3, 0.4) is 0 Å². The second-order valence-electron chi connectivity index (χ2n) is 5.59. The van der Waals surface area contributed by atoms with Crippen LogP contribution in [0, 0.1) is 0 Å². The summed E-state index contributed by atoms with van der Waals surface area (Å²) < 4.78 is 5.94. The van der Waals surface area contributed by atoms with E-state index in [2.05, 4.69) is 5.32 Å². The Hall–Kier alpha value is -2.49. The first kappa shape index (κ1) is 14.4. The van der Waals surface area contributed by atoms with Gasteiger partial charge >= 0.3 is 0 Å².